The Labute approximate surface area is 113 Å². The second-order valence-corrected chi connectivity index (χ2v) is 4.39. The largest absolute Gasteiger partial charge is 0.508 e. The highest BCUT2D eigenvalue weighted by Crippen LogP contribution is 2.33. The fourth-order valence-corrected chi connectivity index (χ4v) is 2.12. The Balaban J connectivity index is 2.30. The first-order valence-corrected chi connectivity index (χ1v) is 5.89. The number of hydrogen-bond acceptors (Lipinski definition) is 5. The van der Waals surface area contributed by atoms with Crippen LogP contribution in [0.4, 0.5) is 5.69 Å². The second kappa shape index (κ2) is 4.37. The number of phenolic OH excluding ortho intramolecular Hbond substituents is 1. The van der Waals surface area contributed by atoms with E-state index in [0.29, 0.717) is 27.3 Å². The van der Waals surface area contributed by atoms with Gasteiger partial charge in [0.25, 0.3) is 0 Å². The van der Waals surface area contributed by atoms with Crippen LogP contribution in [0.1, 0.15) is 0 Å². The molecule has 19 heavy (non-hydrogen) atoms. The molecule has 3 aromatic rings. The van der Waals surface area contributed by atoms with Crippen molar-refractivity contribution in [3.63, 3.8) is 0 Å². The first-order chi connectivity index (χ1) is 9.16. The lowest BCUT2D eigenvalue weighted by Crippen LogP contribution is -1.97. The smallest absolute Gasteiger partial charge is 0.139 e. The number of fused-ring (bicyclic) bond motifs is 1. The van der Waals surface area contributed by atoms with Gasteiger partial charge in [-0.15, -0.1) is 0 Å². The van der Waals surface area contributed by atoms with Gasteiger partial charge in [-0.1, -0.05) is 11.6 Å². The third kappa shape index (κ3) is 1.94. The fraction of sp³-hybridized carbons (Fsp3) is 0. The number of aromatic nitrogens is 3. The van der Waals surface area contributed by atoms with Gasteiger partial charge in [0.2, 0.25) is 0 Å². The number of anilines is 1. The SMILES string of the molecule is Nc1c(-c2ccc(O)cc2)nc(Cl)c2cnncc12. The summed E-state index contributed by atoms with van der Waals surface area (Å²) in [6, 6.07) is 6.59. The highest BCUT2D eigenvalue weighted by Gasteiger charge is 2.12. The van der Waals surface area contributed by atoms with Crippen molar-refractivity contribution in [2.45, 2.75) is 0 Å². The maximum Gasteiger partial charge on any atom is 0.139 e. The molecule has 0 spiro atoms. The zero-order chi connectivity index (χ0) is 13.4. The van der Waals surface area contributed by atoms with Crippen molar-refractivity contribution < 1.29 is 5.11 Å². The molecule has 0 bridgehead atoms. The number of nitrogens with two attached hydrogens (primary N) is 1. The van der Waals surface area contributed by atoms with E-state index in [0.717, 1.165) is 5.56 Å². The molecule has 0 aliphatic heterocycles. The van der Waals surface area contributed by atoms with Gasteiger partial charge in [-0.3, -0.25) is 0 Å². The molecule has 2 heterocycles. The fourth-order valence-electron chi connectivity index (χ4n) is 1.89. The number of pyridine rings is 1. The van der Waals surface area contributed by atoms with E-state index in [9.17, 15) is 5.11 Å². The van der Waals surface area contributed by atoms with Crippen LogP contribution in [-0.4, -0.2) is 20.3 Å². The Morgan fingerprint density at radius 1 is 1.00 bits per heavy atom. The van der Waals surface area contributed by atoms with E-state index in [-0.39, 0.29) is 5.75 Å². The molecule has 0 unspecified atom stereocenters. The Hall–Kier alpha value is -2.40. The van der Waals surface area contributed by atoms with Crippen molar-refractivity contribution in [1.29, 1.82) is 0 Å². The molecular weight excluding hydrogens is 264 g/mol. The van der Waals surface area contributed by atoms with E-state index in [1.807, 2.05) is 0 Å². The summed E-state index contributed by atoms with van der Waals surface area (Å²) >= 11 is 6.13. The van der Waals surface area contributed by atoms with Crippen LogP contribution in [0, 0.1) is 0 Å². The van der Waals surface area contributed by atoms with E-state index in [4.69, 9.17) is 17.3 Å². The Kier molecular flexibility index (Phi) is 2.68. The second-order valence-electron chi connectivity index (χ2n) is 4.03. The standard InChI is InChI=1S/C13H9ClN4O/c14-13-10-6-17-16-5-9(10)11(15)12(18-13)7-1-3-8(19)4-2-7/h1-6,19H,15H2. The lowest BCUT2D eigenvalue weighted by atomic mass is 10.1. The van der Waals surface area contributed by atoms with Gasteiger partial charge in [0.05, 0.1) is 23.8 Å². The minimum Gasteiger partial charge on any atom is -0.508 e. The number of nitrogens with zero attached hydrogens (tertiary/aromatic N) is 3. The summed E-state index contributed by atoms with van der Waals surface area (Å²) in [5.74, 6) is 0.181. The van der Waals surface area contributed by atoms with Gasteiger partial charge in [-0.25, -0.2) is 4.98 Å². The number of phenols is 1. The molecule has 0 aliphatic carbocycles. The Bertz CT molecular complexity index is 758. The van der Waals surface area contributed by atoms with Crippen molar-refractivity contribution >= 4 is 28.1 Å². The van der Waals surface area contributed by atoms with Crippen LogP contribution >= 0.6 is 11.6 Å². The molecule has 1 aromatic carbocycles. The van der Waals surface area contributed by atoms with Crippen LogP contribution in [0.5, 0.6) is 5.75 Å². The van der Waals surface area contributed by atoms with Crippen molar-refractivity contribution in [2.24, 2.45) is 0 Å². The third-order valence-corrected chi connectivity index (χ3v) is 3.14. The Morgan fingerprint density at radius 2 is 1.63 bits per heavy atom. The molecule has 0 amide bonds. The van der Waals surface area contributed by atoms with E-state index < -0.39 is 0 Å². The highest BCUT2D eigenvalue weighted by molar-refractivity contribution is 6.35. The summed E-state index contributed by atoms with van der Waals surface area (Å²) < 4.78 is 0. The van der Waals surface area contributed by atoms with Crippen LogP contribution in [0.15, 0.2) is 36.7 Å². The van der Waals surface area contributed by atoms with Gasteiger partial charge in [0, 0.05) is 16.3 Å². The van der Waals surface area contributed by atoms with E-state index in [1.165, 1.54) is 6.20 Å². The molecule has 94 valence electrons. The number of aromatic hydroxyl groups is 1. The molecule has 0 saturated carbocycles. The van der Waals surface area contributed by atoms with E-state index in [1.54, 1.807) is 30.5 Å². The maximum absolute atomic E-state index is 9.30. The third-order valence-electron chi connectivity index (χ3n) is 2.85. The number of benzene rings is 1. The van der Waals surface area contributed by atoms with Crippen molar-refractivity contribution in [1.82, 2.24) is 15.2 Å². The van der Waals surface area contributed by atoms with Crippen molar-refractivity contribution in [3.05, 3.63) is 41.8 Å². The van der Waals surface area contributed by atoms with Gasteiger partial charge >= 0.3 is 0 Å². The molecule has 3 rings (SSSR count). The number of nitrogen functional groups attached to an aromatic ring is 1. The van der Waals surface area contributed by atoms with Crippen LogP contribution < -0.4 is 5.73 Å². The van der Waals surface area contributed by atoms with E-state index >= 15 is 0 Å². The predicted molar refractivity (Wildman–Crippen MR) is 73.9 cm³/mol. The van der Waals surface area contributed by atoms with Gasteiger partial charge in [0.15, 0.2) is 0 Å². The first-order valence-electron chi connectivity index (χ1n) is 5.51. The molecule has 0 aliphatic rings. The molecule has 2 aromatic heterocycles. The van der Waals surface area contributed by atoms with Gasteiger partial charge in [0.1, 0.15) is 10.9 Å². The summed E-state index contributed by atoms with van der Waals surface area (Å²) in [6.45, 7) is 0. The zero-order valence-electron chi connectivity index (χ0n) is 9.71. The van der Waals surface area contributed by atoms with Gasteiger partial charge in [-0.2, -0.15) is 10.2 Å². The van der Waals surface area contributed by atoms with Gasteiger partial charge < -0.3 is 10.8 Å². The molecule has 0 fully saturated rings. The molecule has 3 N–H and O–H groups in total. The summed E-state index contributed by atoms with van der Waals surface area (Å²) in [7, 11) is 0. The molecule has 5 nitrogen and oxygen atoms in total. The monoisotopic (exact) mass is 272 g/mol. The van der Waals surface area contributed by atoms with Crippen molar-refractivity contribution in [3.8, 4) is 17.0 Å². The lowest BCUT2D eigenvalue weighted by molar-refractivity contribution is 0.475. The molecule has 0 atom stereocenters. The first kappa shape index (κ1) is 11.7. The summed E-state index contributed by atoms with van der Waals surface area (Å²) in [4.78, 5) is 4.29. The predicted octanol–water partition coefficient (Wildman–Crippen LogP) is 2.63. The normalized spacial score (nSPS) is 10.8. The molecular formula is C13H9ClN4O. The molecule has 6 heteroatoms. The van der Waals surface area contributed by atoms with Crippen LogP contribution in [0.3, 0.4) is 0 Å². The maximum atomic E-state index is 9.30. The zero-order valence-corrected chi connectivity index (χ0v) is 10.5. The minimum absolute atomic E-state index is 0.181. The molecule has 0 saturated heterocycles. The van der Waals surface area contributed by atoms with Crippen molar-refractivity contribution in [2.75, 3.05) is 5.73 Å². The van der Waals surface area contributed by atoms with E-state index in [2.05, 4.69) is 15.2 Å². The summed E-state index contributed by atoms with van der Waals surface area (Å²) in [6.07, 6.45) is 3.09. The number of halogens is 1. The molecule has 0 radical (unpaired) electrons. The van der Waals surface area contributed by atoms with Crippen LogP contribution in [0.2, 0.25) is 5.15 Å². The number of rotatable bonds is 1. The quantitative estimate of drug-likeness (QED) is 0.665. The lowest BCUT2D eigenvalue weighted by Gasteiger charge is -2.09. The minimum atomic E-state index is 0.181. The van der Waals surface area contributed by atoms with Gasteiger partial charge in [-0.05, 0) is 24.3 Å². The van der Waals surface area contributed by atoms with Crippen LogP contribution in [0.25, 0.3) is 22.0 Å². The highest BCUT2D eigenvalue weighted by atomic mass is 35.5. The topological polar surface area (TPSA) is 84.9 Å². The average Bonchev–Trinajstić information content (AvgIpc) is 2.44. The number of hydrogen-bond donors (Lipinski definition) is 2. The van der Waals surface area contributed by atoms with Crippen LogP contribution in [-0.2, 0) is 0 Å². The average molecular weight is 273 g/mol. The Morgan fingerprint density at radius 3 is 2.32 bits per heavy atom. The summed E-state index contributed by atoms with van der Waals surface area (Å²) in [5, 5.41) is 18.6. The summed E-state index contributed by atoms with van der Waals surface area (Å²) in [5.41, 5.74) is 7.93.